The first-order valence-electron chi connectivity index (χ1n) is 10.6. The minimum absolute atomic E-state index is 0.111. The molecule has 2 aliphatic heterocycles. The highest BCUT2D eigenvalue weighted by molar-refractivity contribution is 8.26. The third-order valence-electron chi connectivity index (χ3n) is 5.51. The summed E-state index contributed by atoms with van der Waals surface area (Å²) in [6.45, 7) is 6.38. The molecule has 6 nitrogen and oxygen atoms in total. The quantitative estimate of drug-likeness (QED) is 0.357. The minimum atomic E-state index is -0.154. The molecule has 1 amide bonds. The van der Waals surface area contributed by atoms with Gasteiger partial charge in [-0.25, -0.2) is 4.98 Å². The number of pyridine rings is 1. The standard InChI is InChI=1S/C22H26N4O2S3/c1-3-4-5-8-26-21(28)17(31-22(26)29)14-16-19(24-10-12-30-13-11-24)23-18-15(2)7-6-9-25(18)20(16)27/h6-7,9,14H,3-5,8,10-13H2,1-2H3. The van der Waals surface area contributed by atoms with Crippen LogP contribution in [0, 0.1) is 6.92 Å². The third kappa shape index (κ3) is 4.54. The molecule has 0 saturated carbocycles. The summed E-state index contributed by atoms with van der Waals surface area (Å²) < 4.78 is 2.14. The normalized spacial score (nSPS) is 18.6. The first-order chi connectivity index (χ1) is 15.0. The summed E-state index contributed by atoms with van der Waals surface area (Å²) in [7, 11) is 0. The number of hydrogen-bond acceptors (Lipinski definition) is 7. The van der Waals surface area contributed by atoms with Crippen LogP contribution in [0.25, 0.3) is 11.7 Å². The Morgan fingerprint density at radius 2 is 2.00 bits per heavy atom. The molecule has 2 aromatic rings. The number of anilines is 1. The van der Waals surface area contributed by atoms with Crippen LogP contribution >= 0.6 is 35.7 Å². The molecule has 0 aliphatic carbocycles. The molecular weight excluding hydrogens is 448 g/mol. The molecule has 2 saturated heterocycles. The van der Waals surface area contributed by atoms with Crippen LogP contribution in [0.4, 0.5) is 5.82 Å². The zero-order chi connectivity index (χ0) is 22.0. The van der Waals surface area contributed by atoms with Crippen LogP contribution in [0.15, 0.2) is 28.0 Å². The summed E-state index contributed by atoms with van der Waals surface area (Å²) in [5.41, 5.74) is 1.91. The molecule has 0 radical (unpaired) electrons. The van der Waals surface area contributed by atoms with Crippen molar-refractivity contribution in [2.75, 3.05) is 36.0 Å². The van der Waals surface area contributed by atoms with E-state index in [9.17, 15) is 9.59 Å². The van der Waals surface area contributed by atoms with E-state index < -0.39 is 0 Å². The van der Waals surface area contributed by atoms with E-state index >= 15 is 0 Å². The number of unbranched alkanes of at least 4 members (excludes halogenated alkanes) is 2. The van der Waals surface area contributed by atoms with E-state index in [1.165, 1.54) is 11.8 Å². The molecule has 4 rings (SSSR count). The lowest BCUT2D eigenvalue weighted by molar-refractivity contribution is -0.122. The maximum Gasteiger partial charge on any atom is 0.267 e. The van der Waals surface area contributed by atoms with Gasteiger partial charge in [0, 0.05) is 37.3 Å². The minimum Gasteiger partial charge on any atom is -0.354 e. The van der Waals surface area contributed by atoms with Gasteiger partial charge in [-0.05, 0) is 31.1 Å². The second-order valence-electron chi connectivity index (χ2n) is 7.68. The van der Waals surface area contributed by atoms with Crippen LogP contribution in [0.3, 0.4) is 0 Å². The van der Waals surface area contributed by atoms with E-state index in [0.717, 1.165) is 49.4 Å². The average molecular weight is 475 g/mol. The van der Waals surface area contributed by atoms with Crippen molar-refractivity contribution in [1.82, 2.24) is 14.3 Å². The summed E-state index contributed by atoms with van der Waals surface area (Å²) in [6.07, 6.45) is 6.51. The van der Waals surface area contributed by atoms with E-state index in [4.69, 9.17) is 17.2 Å². The number of rotatable bonds is 6. The van der Waals surface area contributed by atoms with E-state index in [-0.39, 0.29) is 11.5 Å². The Balaban J connectivity index is 1.79. The molecule has 0 unspecified atom stereocenters. The average Bonchev–Trinajstić information content (AvgIpc) is 3.04. The maximum absolute atomic E-state index is 13.5. The fourth-order valence-corrected chi connectivity index (χ4v) is 5.98. The number of aryl methyl sites for hydroxylation is 1. The largest absolute Gasteiger partial charge is 0.354 e. The number of aromatic nitrogens is 2. The molecule has 9 heteroatoms. The van der Waals surface area contributed by atoms with Gasteiger partial charge in [-0.15, -0.1) is 0 Å². The lowest BCUT2D eigenvalue weighted by Gasteiger charge is -2.29. The Bertz CT molecular complexity index is 1110. The Kier molecular flexibility index (Phi) is 7.03. The van der Waals surface area contributed by atoms with Gasteiger partial charge in [0.1, 0.15) is 15.8 Å². The van der Waals surface area contributed by atoms with Crippen LogP contribution in [-0.4, -0.2) is 55.7 Å². The van der Waals surface area contributed by atoms with Crippen LogP contribution in [0.5, 0.6) is 0 Å². The Hall–Kier alpha value is -1.84. The van der Waals surface area contributed by atoms with Crippen LogP contribution in [0.2, 0.25) is 0 Å². The van der Waals surface area contributed by atoms with Gasteiger partial charge in [-0.1, -0.05) is 49.8 Å². The van der Waals surface area contributed by atoms with Gasteiger partial charge in [0.15, 0.2) is 0 Å². The number of hydrogen-bond donors (Lipinski definition) is 0. The first-order valence-corrected chi connectivity index (χ1v) is 13.0. The van der Waals surface area contributed by atoms with E-state index in [1.807, 2.05) is 30.8 Å². The van der Waals surface area contributed by atoms with Crippen molar-refractivity contribution in [2.24, 2.45) is 0 Å². The van der Waals surface area contributed by atoms with Crippen LogP contribution < -0.4 is 10.5 Å². The van der Waals surface area contributed by atoms with Crippen molar-refractivity contribution in [3.05, 3.63) is 44.7 Å². The van der Waals surface area contributed by atoms with Crippen molar-refractivity contribution in [3.63, 3.8) is 0 Å². The number of amides is 1. The second-order valence-corrected chi connectivity index (χ2v) is 10.6. The fraction of sp³-hybridized carbons (Fsp3) is 0.455. The molecule has 0 spiro atoms. The smallest absolute Gasteiger partial charge is 0.267 e. The molecule has 2 fully saturated rings. The maximum atomic E-state index is 13.5. The van der Waals surface area contributed by atoms with Gasteiger partial charge < -0.3 is 4.90 Å². The molecule has 0 aromatic carbocycles. The summed E-state index contributed by atoms with van der Waals surface area (Å²) in [5.74, 6) is 2.54. The van der Waals surface area contributed by atoms with Gasteiger partial charge in [-0.3, -0.25) is 18.9 Å². The van der Waals surface area contributed by atoms with Crippen LogP contribution in [-0.2, 0) is 4.79 Å². The molecule has 0 N–H and O–H groups in total. The highest BCUT2D eigenvalue weighted by atomic mass is 32.2. The SMILES string of the molecule is CCCCCN1C(=O)C(=Cc2c(N3CCSCC3)nc3c(C)cccn3c2=O)SC1=S. The van der Waals surface area contributed by atoms with E-state index in [0.29, 0.717) is 32.8 Å². The van der Waals surface area contributed by atoms with Gasteiger partial charge in [0.25, 0.3) is 11.5 Å². The molecule has 2 aromatic heterocycles. The van der Waals surface area contributed by atoms with Crippen molar-refractivity contribution < 1.29 is 4.79 Å². The van der Waals surface area contributed by atoms with Gasteiger partial charge >= 0.3 is 0 Å². The Morgan fingerprint density at radius 3 is 2.74 bits per heavy atom. The van der Waals surface area contributed by atoms with Gasteiger partial charge in [0.05, 0.1) is 10.5 Å². The third-order valence-corrected chi connectivity index (χ3v) is 7.83. The van der Waals surface area contributed by atoms with Crippen LogP contribution in [0.1, 0.15) is 37.3 Å². The van der Waals surface area contributed by atoms with Crippen molar-refractivity contribution in [1.29, 1.82) is 0 Å². The topological polar surface area (TPSA) is 57.9 Å². The summed E-state index contributed by atoms with van der Waals surface area (Å²) in [4.78, 5) is 35.7. The summed E-state index contributed by atoms with van der Waals surface area (Å²) >= 11 is 8.64. The summed E-state index contributed by atoms with van der Waals surface area (Å²) in [6, 6.07) is 3.80. The number of nitrogens with zero attached hydrogens (tertiary/aromatic N) is 4. The fourth-order valence-electron chi connectivity index (χ4n) is 3.79. The van der Waals surface area contributed by atoms with E-state index in [1.54, 1.807) is 21.6 Å². The lowest BCUT2D eigenvalue weighted by atomic mass is 10.2. The highest BCUT2D eigenvalue weighted by Crippen LogP contribution is 2.34. The Labute approximate surface area is 196 Å². The molecule has 2 aliphatic rings. The predicted octanol–water partition coefficient (Wildman–Crippen LogP) is 3.95. The van der Waals surface area contributed by atoms with Crippen molar-refractivity contribution in [2.45, 2.75) is 33.1 Å². The monoisotopic (exact) mass is 474 g/mol. The molecule has 0 atom stereocenters. The zero-order valence-corrected chi connectivity index (χ0v) is 20.2. The molecular formula is C22H26N4O2S3. The van der Waals surface area contributed by atoms with Gasteiger partial charge in [0.2, 0.25) is 0 Å². The number of thiocarbonyl (C=S) groups is 1. The number of carbonyl (C=O) groups is 1. The predicted molar refractivity (Wildman–Crippen MR) is 135 cm³/mol. The first kappa shape index (κ1) is 22.4. The van der Waals surface area contributed by atoms with Crippen molar-refractivity contribution >= 4 is 63.5 Å². The van der Waals surface area contributed by atoms with Crippen molar-refractivity contribution in [3.8, 4) is 0 Å². The molecule has 31 heavy (non-hydrogen) atoms. The molecule has 0 bridgehead atoms. The zero-order valence-electron chi connectivity index (χ0n) is 17.8. The second kappa shape index (κ2) is 9.75. The lowest BCUT2D eigenvalue weighted by Crippen LogP contribution is -2.36. The molecule has 4 heterocycles. The van der Waals surface area contributed by atoms with Gasteiger partial charge in [-0.2, -0.15) is 11.8 Å². The number of fused-ring (bicyclic) bond motifs is 1. The molecule has 164 valence electrons. The number of thioether (sulfide) groups is 2. The summed E-state index contributed by atoms with van der Waals surface area (Å²) in [5, 5.41) is 0. The van der Waals surface area contributed by atoms with E-state index in [2.05, 4.69) is 11.8 Å². The Morgan fingerprint density at radius 1 is 1.23 bits per heavy atom. The number of carbonyl (C=O) groups excluding carboxylic acids is 1. The highest BCUT2D eigenvalue weighted by Gasteiger charge is 2.32.